The molecular weight excluding hydrogens is 288 g/mol. The summed E-state index contributed by atoms with van der Waals surface area (Å²) in [6, 6.07) is 0. The van der Waals surface area contributed by atoms with E-state index in [0.29, 0.717) is 0 Å². The Bertz CT molecular complexity index is 253. The molecule has 0 saturated carbocycles. The predicted molar refractivity (Wildman–Crippen MR) is 97.8 cm³/mol. The zero-order chi connectivity index (χ0) is 17.2. The van der Waals surface area contributed by atoms with Crippen molar-refractivity contribution < 1.29 is 15.0 Å². The lowest BCUT2D eigenvalue weighted by Gasteiger charge is -2.10. The van der Waals surface area contributed by atoms with Gasteiger partial charge in [0, 0.05) is 6.42 Å². The lowest BCUT2D eigenvalue weighted by molar-refractivity contribution is -0.137. The van der Waals surface area contributed by atoms with E-state index in [9.17, 15) is 9.90 Å². The highest BCUT2D eigenvalue weighted by atomic mass is 16.4. The van der Waals surface area contributed by atoms with Gasteiger partial charge in [-0.05, 0) is 19.3 Å². The van der Waals surface area contributed by atoms with Crippen LogP contribution in [0.5, 0.6) is 0 Å². The van der Waals surface area contributed by atoms with Crippen molar-refractivity contribution in [2.45, 2.75) is 122 Å². The number of rotatable bonds is 18. The van der Waals surface area contributed by atoms with Gasteiger partial charge >= 0.3 is 5.97 Å². The first kappa shape index (κ1) is 22.4. The summed E-state index contributed by atoms with van der Waals surface area (Å²) in [5, 5.41) is 18.5. The fraction of sp³-hybridized carbons (Fsp3) is 0.950. The molecule has 0 amide bonds. The number of aliphatic hydroxyl groups excluding tert-OH is 1. The number of carboxylic acids is 1. The summed E-state index contributed by atoms with van der Waals surface area (Å²) in [4.78, 5) is 10.4. The van der Waals surface area contributed by atoms with Crippen molar-refractivity contribution in [2.24, 2.45) is 0 Å². The van der Waals surface area contributed by atoms with Gasteiger partial charge in [-0.2, -0.15) is 0 Å². The van der Waals surface area contributed by atoms with E-state index >= 15 is 0 Å². The van der Waals surface area contributed by atoms with Crippen LogP contribution in [0.2, 0.25) is 0 Å². The summed E-state index contributed by atoms with van der Waals surface area (Å²) in [6.45, 7) is 2.26. The van der Waals surface area contributed by atoms with Gasteiger partial charge < -0.3 is 10.2 Å². The molecule has 23 heavy (non-hydrogen) atoms. The number of unbranched alkanes of at least 4 members (excludes halogenated alkanes) is 12. The minimum Gasteiger partial charge on any atom is -0.481 e. The number of hydrogen-bond donors (Lipinski definition) is 2. The number of carboxylic acid groups (broad SMARTS) is 1. The first-order valence-electron chi connectivity index (χ1n) is 10.1. The first-order chi connectivity index (χ1) is 11.2. The molecule has 0 aliphatic heterocycles. The first-order valence-corrected chi connectivity index (χ1v) is 10.1. The summed E-state index contributed by atoms with van der Waals surface area (Å²) >= 11 is 0. The normalized spacial score (nSPS) is 12.4. The van der Waals surface area contributed by atoms with Crippen LogP contribution in [0.15, 0.2) is 0 Å². The van der Waals surface area contributed by atoms with E-state index in [4.69, 9.17) is 5.11 Å². The lowest BCUT2D eigenvalue weighted by Crippen LogP contribution is -2.06. The Morgan fingerprint density at radius 2 is 1.09 bits per heavy atom. The van der Waals surface area contributed by atoms with Gasteiger partial charge in [0.1, 0.15) is 0 Å². The Labute approximate surface area is 143 Å². The summed E-state index contributed by atoms with van der Waals surface area (Å²) < 4.78 is 0. The van der Waals surface area contributed by atoms with Crippen LogP contribution in [-0.2, 0) is 4.79 Å². The topological polar surface area (TPSA) is 57.5 Å². The van der Waals surface area contributed by atoms with Crippen LogP contribution in [0.4, 0.5) is 0 Å². The molecule has 0 rings (SSSR count). The quantitative estimate of drug-likeness (QED) is 0.300. The van der Waals surface area contributed by atoms with Crippen molar-refractivity contribution in [1.29, 1.82) is 0 Å². The molecular formula is C20H40O3. The second-order valence-electron chi connectivity index (χ2n) is 6.97. The van der Waals surface area contributed by atoms with Gasteiger partial charge in [0.05, 0.1) is 6.10 Å². The molecule has 0 heterocycles. The van der Waals surface area contributed by atoms with Gasteiger partial charge in [0.25, 0.3) is 0 Å². The molecule has 0 aliphatic carbocycles. The van der Waals surface area contributed by atoms with Gasteiger partial charge in [-0.25, -0.2) is 0 Å². The fourth-order valence-corrected chi connectivity index (χ4v) is 3.02. The average Bonchev–Trinajstić information content (AvgIpc) is 2.52. The minimum atomic E-state index is -0.703. The molecule has 0 fully saturated rings. The van der Waals surface area contributed by atoms with Crippen LogP contribution in [0.25, 0.3) is 0 Å². The summed E-state index contributed by atoms with van der Waals surface area (Å²) in [5.74, 6) is -0.703. The molecule has 0 aromatic carbocycles. The van der Waals surface area contributed by atoms with Crippen LogP contribution in [-0.4, -0.2) is 22.3 Å². The molecule has 1 atom stereocenters. The Morgan fingerprint density at radius 1 is 0.696 bits per heavy atom. The molecule has 0 aromatic rings. The SMILES string of the molecule is CCCCCCCCCCCCC(O)CCCCCCC(=O)O. The molecule has 0 bridgehead atoms. The second kappa shape index (κ2) is 17.8. The molecule has 0 aliphatic rings. The summed E-state index contributed by atoms with van der Waals surface area (Å²) in [6.07, 6.45) is 19.1. The molecule has 1 unspecified atom stereocenters. The van der Waals surface area contributed by atoms with E-state index < -0.39 is 5.97 Å². The smallest absolute Gasteiger partial charge is 0.303 e. The Kier molecular flexibility index (Phi) is 17.3. The number of carbonyl (C=O) groups is 1. The lowest BCUT2D eigenvalue weighted by atomic mass is 10.0. The van der Waals surface area contributed by atoms with Crippen LogP contribution in [0, 0.1) is 0 Å². The van der Waals surface area contributed by atoms with Gasteiger partial charge in [0.2, 0.25) is 0 Å². The number of hydrogen-bond acceptors (Lipinski definition) is 2. The summed E-state index contributed by atoms with van der Waals surface area (Å²) in [7, 11) is 0. The molecule has 0 saturated heterocycles. The predicted octanol–water partition coefficient (Wildman–Crippen LogP) is 6.08. The van der Waals surface area contributed by atoms with Crippen LogP contribution >= 0.6 is 0 Å². The summed E-state index contributed by atoms with van der Waals surface area (Å²) in [5.41, 5.74) is 0. The van der Waals surface area contributed by atoms with Crippen molar-refractivity contribution in [3.8, 4) is 0 Å². The van der Waals surface area contributed by atoms with Crippen molar-refractivity contribution in [3.63, 3.8) is 0 Å². The van der Waals surface area contributed by atoms with Gasteiger partial charge in [0.15, 0.2) is 0 Å². The second-order valence-corrected chi connectivity index (χ2v) is 6.97. The largest absolute Gasteiger partial charge is 0.481 e. The standard InChI is InChI=1S/C20H40O3/c1-2-3-4-5-6-7-8-9-10-13-16-19(21)17-14-11-12-15-18-20(22)23/h19,21H,2-18H2,1H3,(H,22,23). The van der Waals surface area contributed by atoms with Crippen LogP contribution in [0.1, 0.15) is 116 Å². The third-order valence-corrected chi connectivity index (χ3v) is 4.57. The Balaban J connectivity index is 3.15. The highest BCUT2D eigenvalue weighted by Crippen LogP contribution is 2.14. The maximum atomic E-state index is 10.4. The molecule has 3 nitrogen and oxygen atoms in total. The number of aliphatic hydroxyl groups is 1. The monoisotopic (exact) mass is 328 g/mol. The molecule has 0 aromatic heterocycles. The Morgan fingerprint density at radius 3 is 1.52 bits per heavy atom. The highest BCUT2D eigenvalue weighted by molar-refractivity contribution is 5.66. The van der Waals surface area contributed by atoms with Gasteiger partial charge in [-0.3, -0.25) is 4.79 Å². The van der Waals surface area contributed by atoms with E-state index in [1.54, 1.807) is 0 Å². The third-order valence-electron chi connectivity index (χ3n) is 4.57. The molecule has 0 radical (unpaired) electrons. The van der Waals surface area contributed by atoms with Crippen molar-refractivity contribution in [1.82, 2.24) is 0 Å². The van der Waals surface area contributed by atoms with E-state index in [2.05, 4.69) is 6.92 Å². The molecule has 0 spiro atoms. The maximum Gasteiger partial charge on any atom is 0.303 e. The zero-order valence-corrected chi connectivity index (χ0v) is 15.4. The third kappa shape index (κ3) is 19.4. The maximum absolute atomic E-state index is 10.4. The van der Waals surface area contributed by atoms with Crippen molar-refractivity contribution in [3.05, 3.63) is 0 Å². The van der Waals surface area contributed by atoms with Crippen LogP contribution in [0.3, 0.4) is 0 Å². The molecule has 2 N–H and O–H groups in total. The zero-order valence-electron chi connectivity index (χ0n) is 15.4. The Hall–Kier alpha value is -0.570. The van der Waals surface area contributed by atoms with Gasteiger partial charge in [-0.15, -0.1) is 0 Å². The van der Waals surface area contributed by atoms with E-state index in [1.807, 2.05) is 0 Å². The van der Waals surface area contributed by atoms with Gasteiger partial charge in [-0.1, -0.05) is 90.4 Å². The van der Waals surface area contributed by atoms with Crippen LogP contribution < -0.4 is 0 Å². The molecule has 3 heteroatoms. The van der Waals surface area contributed by atoms with Crippen molar-refractivity contribution in [2.75, 3.05) is 0 Å². The van der Waals surface area contributed by atoms with E-state index in [0.717, 1.165) is 44.9 Å². The molecule has 138 valence electrons. The highest BCUT2D eigenvalue weighted by Gasteiger charge is 2.04. The average molecular weight is 329 g/mol. The van der Waals surface area contributed by atoms with Crippen molar-refractivity contribution >= 4 is 5.97 Å². The van der Waals surface area contributed by atoms with E-state index in [-0.39, 0.29) is 12.5 Å². The minimum absolute atomic E-state index is 0.150. The van der Waals surface area contributed by atoms with E-state index in [1.165, 1.54) is 57.8 Å². The number of aliphatic carboxylic acids is 1. The fourth-order valence-electron chi connectivity index (χ4n) is 3.02.